The molecule has 1 aromatic rings. The normalized spacial score (nSPS) is 11.4. The third kappa shape index (κ3) is 4.77. The van der Waals surface area contributed by atoms with Gasteiger partial charge in [-0.3, -0.25) is 0 Å². The Morgan fingerprint density at radius 1 is 1.41 bits per heavy atom. The summed E-state index contributed by atoms with van der Waals surface area (Å²) < 4.78 is 0. The lowest BCUT2D eigenvalue weighted by atomic mass is 9.90. The Bertz CT molecular complexity index is 352. The molecule has 1 heterocycles. The number of hydrogen-bond donors (Lipinski definition) is 1. The van der Waals surface area contributed by atoms with E-state index in [1.54, 1.807) is 6.20 Å². The van der Waals surface area contributed by atoms with E-state index in [9.17, 15) is 0 Å². The molecule has 4 nitrogen and oxygen atoms in total. The molecule has 0 atom stereocenters. The maximum atomic E-state index is 5.77. The highest BCUT2D eigenvalue weighted by Crippen LogP contribution is 2.21. The van der Waals surface area contributed by atoms with E-state index in [-0.39, 0.29) is 5.41 Å². The summed E-state index contributed by atoms with van der Waals surface area (Å²) in [6.45, 7) is 5.23. The highest BCUT2D eigenvalue weighted by atomic mass is 35.5. The molecular formula is C12H21ClN4. The molecule has 17 heavy (non-hydrogen) atoms. The van der Waals surface area contributed by atoms with Gasteiger partial charge in [0.1, 0.15) is 5.82 Å². The first kappa shape index (κ1) is 14.0. The van der Waals surface area contributed by atoms with Crippen molar-refractivity contribution in [1.82, 2.24) is 9.97 Å². The van der Waals surface area contributed by atoms with Crippen molar-refractivity contribution >= 4 is 23.4 Å². The molecule has 0 unspecified atom stereocenters. The molecule has 0 aromatic carbocycles. The van der Waals surface area contributed by atoms with Gasteiger partial charge in [-0.15, -0.1) is 11.6 Å². The zero-order chi connectivity index (χ0) is 12.9. The first-order chi connectivity index (χ1) is 7.94. The number of aromatic nitrogens is 2. The molecule has 0 fully saturated rings. The zero-order valence-electron chi connectivity index (χ0n) is 11.0. The number of rotatable bonds is 6. The van der Waals surface area contributed by atoms with Gasteiger partial charge in [-0.25, -0.2) is 4.98 Å². The van der Waals surface area contributed by atoms with Gasteiger partial charge in [-0.2, -0.15) is 4.98 Å². The highest BCUT2D eigenvalue weighted by molar-refractivity contribution is 6.17. The Balaban J connectivity index is 2.60. The van der Waals surface area contributed by atoms with E-state index >= 15 is 0 Å². The standard InChI is InChI=1S/C12H21ClN4/c1-12(2,6-7-13)9-15-10-5-8-14-11(16-10)17(3)4/h5,8H,6-7,9H2,1-4H3,(H,14,15,16). The van der Waals surface area contributed by atoms with Gasteiger partial charge >= 0.3 is 0 Å². The van der Waals surface area contributed by atoms with Crippen molar-refractivity contribution in [3.63, 3.8) is 0 Å². The number of halogens is 1. The fraction of sp³-hybridized carbons (Fsp3) is 0.667. The van der Waals surface area contributed by atoms with E-state index in [1.165, 1.54) is 0 Å². The Morgan fingerprint density at radius 2 is 2.12 bits per heavy atom. The summed E-state index contributed by atoms with van der Waals surface area (Å²) >= 11 is 5.77. The van der Waals surface area contributed by atoms with Crippen molar-refractivity contribution < 1.29 is 0 Å². The fourth-order valence-electron chi connectivity index (χ4n) is 1.34. The second-order valence-electron chi connectivity index (χ2n) is 5.09. The first-order valence-electron chi connectivity index (χ1n) is 5.75. The summed E-state index contributed by atoms with van der Waals surface area (Å²) in [6, 6.07) is 1.88. The van der Waals surface area contributed by atoms with Crippen molar-refractivity contribution in [3.8, 4) is 0 Å². The molecule has 0 aliphatic heterocycles. The van der Waals surface area contributed by atoms with Crippen LogP contribution in [0.1, 0.15) is 20.3 Å². The van der Waals surface area contributed by atoms with Gasteiger partial charge in [-0.1, -0.05) is 13.8 Å². The van der Waals surface area contributed by atoms with E-state index < -0.39 is 0 Å². The number of hydrogen-bond acceptors (Lipinski definition) is 4. The molecule has 0 radical (unpaired) electrons. The zero-order valence-corrected chi connectivity index (χ0v) is 11.8. The highest BCUT2D eigenvalue weighted by Gasteiger charge is 2.16. The fourth-order valence-corrected chi connectivity index (χ4v) is 1.85. The third-order valence-electron chi connectivity index (χ3n) is 2.56. The van der Waals surface area contributed by atoms with Crippen LogP contribution in [-0.2, 0) is 0 Å². The molecule has 0 spiro atoms. The van der Waals surface area contributed by atoms with E-state index in [0.717, 1.165) is 18.8 Å². The van der Waals surface area contributed by atoms with E-state index in [1.807, 2.05) is 25.1 Å². The van der Waals surface area contributed by atoms with Gasteiger partial charge in [0.15, 0.2) is 0 Å². The van der Waals surface area contributed by atoms with Crippen LogP contribution in [0.25, 0.3) is 0 Å². The lowest BCUT2D eigenvalue weighted by molar-refractivity contribution is 0.379. The quantitative estimate of drug-likeness (QED) is 0.795. The maximum Gasteiger partial charge on any atom is 0.226 e. The number of nitrogens with one attached hydrogen (secondary N) is 1. The summed E-state index contributed by atoms with van der Waals surface area (Å²) in [5, 5.41) is 3.33. The first-order valence-corrected chi connectivity index (χ1v) is 6.28. The number of anilines is 2. The van der Waals surface area contributed by atoms with Gasteiger partial charge in [0.25, 0.3) is 0 Å². The third-order valence-corrected chi connectivity index (χ3v) is 2.75. The summed E-state index contributed by atoms with van der Waals surface area (Å²) in [4.78, 5) is 10.5. The van der Waals surface area contributed by atoms with Crippen molar-refractivity contribution in [1.29, 1.82) is 0 Å². The maximum absolute atomic E-state index is 5.77. The molecule has 0 saturated heterocycles. The molecule has 5 heteroatoms. The molecule has 0 aliphatic rings. The topological polar surface area (TPSA) is 41.1 Å². The lowest BCUT2D eigenvalue weighted by Crippen LogP contribution is -2.24. The van der Waals surface area contributed by atoms with Crippen LogP contribution in [-0.4, -0.2) is 36.5 Å². The average molecular weight is 257 g/mol. The van der Waals surface area contributed by atoms with E-state index in [0.29, 0.717) is 11.8 Å². The van der Waals surface area contributed by atoms with Crippen LogP contribution in [0.5, 0.6) is 0 Å². The summed E-state index contributed by atoms with van der Waals surface area (Å²) in [5.41, 5.74) is 0.172. The van der Waals surface area contributed by atoms with Crippen molar-refractivity contribution in [2.45, 2.75) is 20.3 Å². The van der Waals surface area contributed by atoms with E-state index in [4.69, 9.17) is 11.6 Å². The minimum atomic E-state index is 0.172. The minimum absolute atomic E-state index is 0.172. The van der Waals surface area contributed by atoms with Gasteiger partial charge in [0.2, 0.25) is 5.95 Å². The molecule has 96 valence electrons. The van der Waals surface area contributed by atoms with Crippen molar-refractivity contribution in [2.75, 3.05) is 36.7 Å². The van der Waals surface area contributed by atoms with Gasteiger partial charge in [0, 0.05) is 32.7 Å². The predicted molar refractivity (Wildman–Crippen MR) is 74.0 cm³/mol. The molecule has 0 bridgehead atoms. The SMILES string of the molecule is CN(C)c1nccc(NCC(C)(C)CCCl)n1. The lowest BCUT2D eigenvalue weighted by Gasteiger charge is -2.24. The second-order valence-corrected chi connectivity index (χ2v) is 5.47. The van der Waals surface area contributed by atoms with Gasteiger partial charge < -0.3 is 10.2 Å². The van der Waals surface area contributed by atoms with Crippen LogP contribution >= 0.6 is 11.6 Å². The molecule has 0 saturated carbocycles. The molecule has 0 amide bonds. The van der Waals surface area contributed by atoms with Crippen LogP contribution in [0.15, 0.2) is 12.3 Å². The molecule has 1 rings (SSSR count). The molecule has 1 N–H and O–H groups in total. The van der Waals surface area contributed by atoms with Crippen molar-refractivity contribution in [2.24, 2.45) is 5.41 Å². The summed E-state index contributed by atoms with van der Waals surface area (Å²) in [5.74, 6) is 2.25. The summed E-state index contributed by atoms with van der Waals surface area (Å²) in [7, 11) is 3.85. The Kier molecular flexibility index (Phi) is 5.00. The number of alkyl halides is 1. The minimum Gasteiger partial charge on any atom is -0.369 e. The molecule has 0 aliphatic carbocycles. The van der Waals surface area contributed by atoms with E-state index in [2.05, 4.69) is 29.1 Å². The van der Waals surface area contributed by atoms with Crippen LogP contribution in [0.4, 0.5) is 11.8 Å². The molecular weight excluding hydrogens is 236 g/mol. The van der Waals surface area contributed by atoms with Gasteiger partial charge in [0.05, 0.1) is 0 Å². The second kappa shape index (κ2) is 6.05. The Labute approximate surface area is 108 Å². The smallest absolute Gasteiger partial charge is 0.226 e. The Morgan fingerprint density at radius 3 is 2.71 bits per heavy atom. The monoisotopic (exact) mass is 256 g/mol. The Hall–Kier alpha value is -1.03. The largest absolute Gasteiger partial charge is 0.369 e. The van der Waals surface area contributed by atoms with Crippen LogP contribution < -0.4 is 10.2 Å². The summed E-state index contributed by atoms with van der Waals surface area (Å²) in [6.07, 6.45) is 2.74. The predicted octanol–water partition coefficient (Wildman–Crippen LogP) is 2.61. The van der Waals surface area contributed by atoms with Gasteiger partial charge in [-0.05, 0) is 17.9 Å². The molecule has 1 aromatic heterocycles. The van der Waals surface area contributed by atoms with Crippen molar-refractivity contribution in [3.05, 3.63) is 12.3 Å². The van der Waals surface area contributed by atoms with Crippen LogP contribution in [0.3, 0.4) is 0 Å². The van der Waals surface area contributed by atoms with Crippen LogP contribution in [0, 0.1) is 5.41 Å². The average Bonchev–Trinajstić information content (AvgIpc) is 2.27. The number of nitrogens with zero attached hydrogens (tertiary/aromatic N) is 3. The van der Waals surface area contributed by atoms with Crippen LogP contribution in [0.2, 0.25) is 0 Å².